The average molecular weight is 325 g/mol. The summed E-state index contributed by atoms with van der Waals surface area (Å²) in [7, 11) is 2.11. The SMILES string of the molecule is CN(CCCOc1ccccc1CN)Cc1ccc(Cl)s1. The molecule has 0 fully saturated rings. The van der Waals surface area contributed by atoms with Crippen LogP contribution in [0, 0.1) is 0 Å². The highest BCUT2D eigenvalue weighted by molar-refractivity contribution is 7.16. The van der Waals surface area contributed by atoms with E-state index in [2.05, 4.69) is 18.0 Å². The molecule has 0 saturated heterocycles. The van der Waals surface area contributed by atoms with Gasteiger partial charge in [0, 0.05) is 30.1 Å². The molecule has 0 amide bonds. The lowest BCUT2D eigenvalue weighted by Gasteiger charge is -2.16. The predicted octanol–water partition coefficient (Wildman–Crippen LogP) is 3.76. The van der Waals surface area contributed by atoms with Gasteiger partial charge in [-0.1, -0.05) is 29.8 Å². The number of nitrogens with zero attached hydrogens (tertiary/aromatic N) is 1. The number of halogens is 1. The minimum absolute atomic E-state index is 0.509. The zero-order valence-electron chi connectivity index (χ0n) is 12.2. The van der Waals surface area contributed by atoms with Gasteiger partial charge < -0.3 is 15.4 Å². The van der Waals surface area contributed by atoms with E-state index in [0.717, 1.165) is 35.2 Å². The van der Waals surface area contributed by atoms with Crippen molar-refractivity contribution >= 4 is 22.9 Å². The summed E-state index contributed by atoms with van der Waals surface area (Å²) in [4.78, 5) is 3.57. The number of hydrogen-bond donors (Lipinski definition) is 1. The van der Waals surface area contributed by atoms with Crippen LogP contribution in [0.3, 0.4) is 0 Å². The monoisotopic (exact) mass is 324 g/mol. The van der Waals surface area contributed by atoms with Crippen molar-refractivity contribution < 1.29 is 4.74 Å². The molecule has 0 bridgehead atoms. The van der Waals surface area contributed by atoms with Gasteiger partial charge in [0.05, 0.1) is 10.9 Å². The first kappa shape index (κ1) is 16.3. The van der Waals surface area contributed by atoms with Crippen LogP contribution in [0.2, 0.25) is 4.34 Å². The molecule has 2 rings (SSSR count). The van der Waals surface area contributed by atoms with Crippen LogP contribution in [0.5, 0.6) is 5.75 Å². The van der Waals surface area contributed by atoms with Crippen LogP contribution in [0.4, 0.5) is 0 Å². The smallest absolute Gasteiger partial charge is 0.123 e. The summed E-state index contributed by atoms with van der Waals surface area (Å²) in [6.45, 7) is 3.12. The standard InChI is InChI=1S/C16H21ClN2OS/c1-19(12-14-7-8-16(17)21-14)9-4-10-20-15-6-3-2-5-13(15)11-18/h2-3,5-8H,4,9-12,18H2,1H3. The highest BCUT2D eigenvalue weighted by atomic mass is 35.5. The molecule has 2 N–H and O–H groups in total. The zero-order chi connectivity index (χ0) is 15.1. The zero-order valence-corrected chi connectivity index (χ0v) is 13.8. The first-order chi connectivity index (χ1) is 10.2. The number of benzene rings is 1. The van der Waals surface area contributed by atoms with E-state index < -0.39 is 0 Å². The van der Waals surface area contributed by atoms with Crippen molar-refractivity contribution in [2.45, 2.75) is 19.5 Å². The molecule has 0 unspecified atom stereocenters. The molecule has 1 aromatic heterocycles. The maximum atomic E-state index is 5.94. The fourth-order valence-electron chi connectivity index (χ4n) is 2.11. The molecule has 0 aliphatic carbocycles. The van der Waals surface area contributed by atoms with Crippen LogP contribution in [0.15, 0.2) is 36.4 Å². The quantitative estimate of drug-likeness (QED) is 0.751. The fraction of sp³-hybridized carbons (Fsp3) is 0.375. The van der Waals surface area contributed by atoms with Crippen molar-refractivity contribution in [1.82, 2.24) is 4.90 Å². The van der Waals surface area contributed by atoms with Gasteiger partial charge in [0.1, 0.15) is 5.75 Å². The van der Waals surface area contributed by atoms with Gasteiger partial charge in [-0.3, -0.25) is 0 Å². The fourth-order valence-corrected chi connectivity index (χ4v) is 3.28. The van der Waals surface area contributed by atoms with E-state index in [-0.39, 0.29) is 0 Å². The van der Waals surface area contributed by atoms with Gasteiger partial charge in [0.15, 0.2) is 0 Å². The third kappa shape index (κ3) is 5.32. The highest BCUT2D eigenvalue weighted by Gasteiger charge is 2.04. The number of hydrogen-bond acceptors (Lipinski definition) is 4. The molecular weight excluding hydrogens is 304 g/mol. The normalized spacial score (nSPS) is 11.0. The average Bonchev–Trinajstić information content (AvgIpc) is 2.89. The summed E-state index contributed by atoms with van der Waals surface area (Å²) in [6, 6.07) is 12.0. The third-order valence-corrected chi connectivity index (χ3v) is 4.40. The highest BCUT2D eigenvalue weighted by Crippen LogP contribution is 2.22. The van der Waals surface area contributed by atoms with Gasteiger partial charge >= 0.3 is 0 Å². The minimum Gasteiger partial charge on any atom is -0.493 e. The second kappa shape index (κ2) is 8.39. The van der Waals surface area contributed by atoms with Gasteiger partial charge in [0.2, 0.25) is 0 Å². The maximum absolute atomic E-state index is 5.94. The van der Waals surface area contributed by atoms with Gasteiger partial charge in [0.25, 0.3) is 0 Å². The Balaban J connectivity index is 1.69. The summed E-state index contributed by atoms with van der Waals surface area (Å²) < 4.78 is 6.65. The summed E-state index contributed by atoms with van der Waals surface area (Å²) in [5.74, 6) is 0.896. The number of ether oxygens (including phenoxy) is 1. The molecule has 5 heteroatoms. The van der Waals surface area contributed by atoms with E-state index in [9.17, 15) is 0 Å². The first-order valence-electron chi connectivity index (χ1n) is 7.02. The van der Waals surface area contributed by atoms with Crippen LogP contribution in [-0.4, -0.2) is 25.1 Å². The summed E-state index contributed by atoms with van der Waals surface area (Å²) in [6.07, 6.45) is 0.981. The van der Waals surface area contributed by atoms with E-state index in [1.807, 2.05) is 30.3 Å². The Bertz CT molecular complexity index is 559. The molecule has 0 spiro atoms. The van der Waals surface area contributed by atoms with E-state index >= 15 is 0 Å². The van der Waals surface area contributed by atoms with E-state index in [1.54, 1.807) is 11.3 Å². The molecule has 21 heavy (non-hydrogen) atoms. The Morgan fingerprint density at radius 3 is 2.76 bits per heavy atom. The van der Waals surface area contributed by atoms with Crippen molar-refractivity contribution in [3.8, 4) is 5.75 Å². The van der Waals surface area contributed by atoms with Crippen molar-refractivity contribution in [1.29, 1.82) is 0 Å². The molecule has 114 valence electrons. The molecule has 0 saturated carbocycles. The number of para-hydroxylation sites is 1. The number of rotatable bonds is 8. The lowest BCUT2D eigenvalue weighted by Crippen LogP contribution is -2.20. The number of nitrogens with two attached hydrogens (primary N) is 1. The largest absolute Gasteiger partial charge is 0.493 e. The minimum atomic E-state index is 0.509. The molecule has 0 radical (unpaired) electrons. The lowest BCUT2D eigenvalue weighted by atomic mass is 10.2. The Hall–Kier alpha value is -1.07. The summed E-state index contributed by atoms with van der Waals surface area (Å²) >= 11 is 7.57. The second-order valence-corrected chi connectivity index (χ2v) is 6.76. The molecule has 3 nitrogen and oxygen atoms in total. The topological polar surface area (TPSA) is 38.5 Å². The van der Waals surface area contributed by atoms with Crippen LogP contribution in [0.25, 0.3) is 0 Å². The van der Waals surface area contributed by atoms with Crippen LogP contribution >= 0.6 is 22.9 Å². The van der Waals surface area contributed by atoms with Gasteiger partial charge in [-0.25, -0.2) is 0 Å². The summed E-state index contributed by atoms with van der Waals surface area (Å²) in [5, 5.41) is 0. The Kier molecular flexibility index (Phi) is 6.51. The van der Waals surface area contributed by atoms with E-state index in [4.69, 9.17) is 22.1 Å². The lowest BCUT2D eigenvalue weighted by molar-refractivity contribution is 0.258. The molecule has 1 heterocycles. The van der Waals surface area contributed by atoms with Crippen LogP contribution in [0.1, 0.15) is 16.9 Å². The Morgan fingerprint density at radius 2 is 2.05 bits per heavy atom. The van der Waals surface area contributed by atoms with Gasteiger partial charge in [-0.2, -0.15) is 0 Å². The summed E-state index contributed by atoms with van der Waals surface area (Å²) in [5.41, 5.74) is 6.75. The van der Waals surface area contributed by atoms with Crippen LogP contribution in [-0.2, 0) is 13.1 Å². The molecule has 2 aromatic rings. The molecule has 0 aliphatic heterocycles. The first-order valence-corrected chi connectivity index (χ1v) is 8.22. The van der Waals surface area contributed by atoms with Crippen molar-refractivity contribution in [3.05, 3.63) is 51.2 Å². The molecule has 0 aliphatic rings. The van der Waals surface area contributed by atoms with Gasteiger partial charge in [-0.05, 0) is 31.7 Å². The predicted molar refractivity (Wildman–Crippen MR) is 90.1 cm³/mol. The number of thiophene rings is 1. The van der Waals surface area contributed by atoms with Crippen molar-refractivity contribution in [2.75, 3.05) is 20.2 Å². The molecule has 0 atom stereocenters. The van der Waals surface area contributed by atoms with Crippen molar-refractivity contribution in [2.24, 2.45) is 5.73 Å². The van der Waals surface area contributed by atoms with E-state index in [0.29, 0.717) is 13.2 Å². The third-order valence-electron chi connectivity index (χ3n) is 3.19. The molecular formula is C16H21ClN2OS. The Labute approximate surface area is 135 Å². The maximum Gasteiger partial charge on any atom is 0.123 e. The second-order valence-electron chi connectivity index (χ2n) is 4.96. The van der Waals surface area contributed by atoms with Gasteiger partial charge in [-0.15, -0.1) is 11.3 Å². The van der Waals surface area contributed by atoms with E-state index in [1.165, 1.54) is 4.88 Å². The van der Waals surface area contributed by atoms with Crippen LogP contribution < -0.4 is 10.5 Å². The molecule has 1 aromatic carbocycles. The Morgan fingerprint density at radius 1 is 1.24 bits per heavy atom. The van der Waals surface area contributed by atoms with Crippen molar-refractivity contribution in [3.63, 3.8) is 0 Å².